The first-order chi connectivity index (χ1) is 5.35. The highest BCUT2D eigenvalue weighted by molar-refractivity contribution is 5.02. The van der Waals surface area contributed by atoms with Crippen LogP contribution in [0.3, 0.4) is 0 Å². The second-order valence-electron chi connectivity index (χ2n) is 2.55. The second-order valence-corrected chi connectivity index (χ2v) is 2.55. The van der Waals surface area contributed by atoms with Crippen LogP contribution >= 0.6 is 0 Å². The number of nitrogens with one attached hydrogen (secondary N) is 1. The van der Waals surface area contributed by atoms with Crippen LogP contribution in [0, 0.1) is 0 Å². The van der Waals surface area contributed by atoms with Crippen LogP contribution in [0.2, 0.25) is 0 Å². The molecule has 1 heterocycles. The fraction of sp³-hybridized carbons (Fsp3) is 0.600. The maximum absolute atomic E-state index is 3.09. The normalized spacial score (nSPS) is 8.64. The van der Waals surface area contributed by atoms with Crippen molar-refractivity contribution < 1.29 is 0 Å². The summed E-state index contributed by atoms with van der Waals surface area (Å²) < 4.78 is 0. The molecule has 0 radical (unpaired) electrons. The van der Waals surface area contributed by atoms with Crippen molar-refractivity contribution in [2.24, 2.45) is 0 Å². The van der Waals surface area contributed by atoms with Crippen LogP contribution in [0.5, 0.6) is 0 Å². The Morgan fingerprint density at radius 1 is 1.18 bits per heavy atom. The summed E-state index contributed by atoms with van der Waals surface area (Å²) in [5.41, 5.74) is 1.31. The summed E-state index contributed by atoms with van der Waals surface area (Å²) >= 11 is 0. The Kier molecular flexibility index (Phi) is 6.90. The highest BCUT2D eigenvalue weighted by Crippen LogP contribution is 1.92. The molecule has 0 fully saturated rings. The van der Waals surface area contributed by atoms with Gasteiger partial charge in [0.25, 0.3) is 0 Å². The fourth-order valence-electron chi connectivity index (χ4n) is 0.587. The van der Waals surface area contributed by atoms with E-state index in [1.807, 2.05) is 12.3 Å². The lowest BCUT2D eigenvalue weighted by Gasteiger charge is -1.81. The third-order valence-corrected chi connectivity index (χ3v) is 1.54. The lowest BCUT2D eigenvalue weighted by Crippen LogP contribution is -1.73. The molecule has 0 atom stereocenters. The number of H-pyrrole nitrogens is 1. The highest BCUT2D eigenvalue weighted by Gasteiger charge is 1.80. The number of aryl methyl sites for hydroxylation is 1. The van der Waals surface area contributed by atoms with Crippen LogP contribution in [0.25, 0.3) is 0 Å². The molecule has 0 aliphatic rings. The van der Waals surface area contributed by atoms with E-state index >= 15 is 0 Å². The largest absolute Gasteiger partial charge is 0.365 e. The van der Waals surface area contributed by atoms with E-state index < -0.39 is 0 Å². The third-order valence-electron chi connectivity index (χ3n) is 1.54. The van der Waals surface area contributed by atoms with Gasteiger partial charge in [-0.05, 0) is 18.6 Å². The van der Waals surface area contributed by atoms with E-state index in [2.05, 4.69) is 31.8 Å². The van der Waals surface area contributed by atoms with Crippen LogP contribution in [-0.2, 0) is 6.42 Å². The molecule has 0 aromatic carbocycles. The van der Waals surface area contributed by atoms with Crippen molar-refractivity contribution >= 4 is 0 Å². The first-order valence-electron chi connectivity index (χ1n) is 4.47. The zero-order valence-electron chi connectivity index (χ0n) is 7.85. The zero-order chi connectivity index (χ0) is 8.53. The molecule has 0 spiro atoms. The van der Waals surface area contributed by atoms with Gasteiger partial charge in [0.15, 0.2) is 0 Å². The summed E-state index contributed by atoms with van der Waals surface area (Å²) in [4.78, 5) is 3.09. The van der Waals surface area contributed by atoms with Crippen molar-refractivity contribution in [1.29, 1.82) is 0 Å². The average Bonchev–Trinajstić information content (AvgIpc) is 2.56. The topological polar surface area (TPSA) is 15.8 Å². The van der Waals surface area contributed by atoms with Crippen LogP contribution in [0.15, 0.2) is 18.3 Å². The fourth-order valence-corrected chi connectivity index (χ4v) is 0.587. The molecule has 0 aliphatic heterocycles. The van der Waals surface area contributed by atoms with Crippen molar-refractivity contribution in [3.8, 4) is 0 Å². The van der Waals surface area contributed by atoms with Crippen LogP contribution < -0.4 is 0 Å². The van der Waals surface area contributed by atoms with E-state index in [9.17, 15) is 0 Å². The third kappa shape index (κ3) is 5.71. The van der Waals surface area contributed by atoms with Gasteiger partial charge in [-0.3, -0.25) is 0 Å². The SMILES string of the molecule is CCCC.CCc1ccc[nH]1. The molecule has 0 saturated heterocycles. The Hall–Kier alpha value is -0.720. The summed E-state index contributed by atoms with van der Waals surface area (Å²) in [7, 11) is 0. The number of hydrogen-bond donors (Lipinski definition) is 1. The summed E-state index contributed by atoms with van der Waals surface area (Å²) in [6, 6.07) is 4.10. The zero-order valence-corrected chi connectivity index (χ0v) is 7.85. The average molecular weight is 153 g/mol. The van der Waals surface area contributed by atoms with Gasteiger partial charge in [0.2, 0.25) is 0 Å². The van der Waals surface area contributed by atoms with Gasteiger partial charge in [-0.2, -0.15) is 0 Å². The van der Waals surface area contributed by atoms with Crippen LogP contribution in [-0.4, -0.2) is 4.98 Å². The number of hydrogen-bond acceptors (Lipinski definition) is 0. The number of unbranched alkanes of at least 4 members (excludes halogenated alkanes) is 1. The molecule has 1 nitrogen and oxygen atoms in total. The lowest BCUT2D eigenvalue weighted by molar-refractivity contribution is 0.886. The standard InChI is InChI=1S/C6H9N.C4H10/c1-2-6-4-3-5-7-6;1-3-4-2/h3-5,7H,2H2,1H3;3-4H2,1-2H3. The molecule has 1 N–H and O–H groups in total. The van der Waals surface area contributed by atoms with Crippen molar-refractivity contribution in [3.63, 3.8) is 0 Å². The van der Waals surface area contributed by atoms with Gasteiger partial charge >= 0.3 is 0 Å². The summed E-state index contributed by atoms with van der Waals surface area (Å²) in [6.45, 7) is 6.49. The summed E-state index contributed by atoms with van der Waals surface area (Å²) in [5, 5.41) is 0. The monoisotopic (exact) mass is 153 g/mol. The van der Waals surface area contributed by atoms with Gasteiger partial charge < -0.3 is 4.98 Å². The molecule has 1 heteroatoms. The van der Waals surface area contributed by atoms with Crippen molar-refractivity contribution in [3.05, 3.63) is 24.0 Å². The molecule has 11 heavy (non-hydrogen) atoms. The van der Waals surface area contributed by atoms with Crippen molar-refractivity contribution in [1.82, 2.24) is 4.98 Å². The Morgan fingerprint density at radius 3 is 2.00 bits per heavy atom. The molecule has 1 aromatic heterocycles. The van der Waals surface area contributed by atoms with Gasteiger partial charge in [0.05, 0.1) is 0 Å². The molecular formula is C10H19N. The minimum Gasteiger partial charge on any atom is -0.365 e. The van der Waals surface area contributed by atoms with Crippen LogP contribution in [0.4, 0.5) is 0 Å². The first-order valence-corrected chi connectivity index (χ1v) is 4.47. The van der Waals surface area contributed by atoms with E-state index in [-0.39, 0.29) is 0 Å². The predicted octanol–water partition coefficient (Wildman–Crippen LogP) is 3.38. The predicted molar refractivity (Wildman–Crippen MR) is 50.8 cm³/mol. The number of aromatic nitrogens is 1. The maximum atomic E-state index is 3.09. The van der Waals surface area contributed by atoms with Crippen molar-refractivity contribution in [2.45, 2.75) is 40.0 Å². The van der Waals surface area contributed by atoms with E-state index in [4.69, 9.17) is 0 Å². The number of rotatable bonds is 2. The minimum atomic E-state index is 1.10. The Bertz CT molecular complexity index is 140. The Morgan fingerprint density at radius 2 is 1.82 bits per heavy atom. The summed E-state index contributed by atoms with van der Waals surface area (Å²) in [5.74, 6) is 0. The van der Waals surface area contributed by atoms with E-state index in [0.29, 0.717) is 0 Å². The quantitative estimate of drug-likeness (QED) is 0.670. The Balaban J connectivity index is 0.000000218. The summed E-state index contributed by atoms with van der Waals surface area (Å²) in [6.07, 6.45) is 5.69. The van der Waals surface area contributed by atoms with Crippen molar-refractivity contribution in [2.75, 3.05) is 0 Å². The molecule has 0 unspecified atom stereocenters. The molecule has 0 aliphatic carbocycles. The first kappa shape index (κ1) is 10.3. The number of aromatic amines is 1. The van der Waals surface area contributed by atoms with E-state index in [0.717, 1.165) is 6.42 Å². The molecule has 64 valence electrons. The minimum absolute atomic E-state index is 1.10. The molecule has 1 rings (SSSR count). The lowest BCUT2D eigenvalue weighted by atomic mass is 10.4. The highest BCUT2D eigenvalue weighted by atomic mass is 14.7. The van der Waals surface area contributed by atoms with Gasteiger partial charge in [-0.25, -0.2) is 0 Å². The molecule has 0 saturated carbocycles. The smallest absolute Gasteiger partial charge is 0.0144 e. The van der Waals surface area contributed by atoms with Gasteiger partial charge in [0, 0.05) is 11.9 Å². The molecular weight excluding hydrogens is 134 g/mol. The Labute approximate surface area is 69.8 Å². The van der Waals surface area contributed by atoms with Gasteiger partial charge in [-0.15, -0.1) is 0 Å². The molecule has 0 bridgehead atoms. The van der Waals surface area contributed by atoms with Crippen LogP contribution in [0.1, 0.15) is 39.3 Å². The molecule has 0 amide bonds. The maximum Gasteiger partial charge on any atom is 0.0144 e. The van der Waals surface area contributed by atoms with E-state index in [1.54, 1.807) is 0 Å². The van der Waals surface area contributed by atoms with Gasteiger partial charge in [0.1, 0.15) is 0 Å². The van der Waals surface area contributed by atoms with Gasteiger partial charge in [-0.1, -0.05) is 33.6 Å². The van der Waals surface area contributed by atoms with E-state index in [1.165, 1.54) is 18.5 Å². The second kappa shape index (κ2) is 7.39. The molecule has 1 aromatic rings.